The molecule has 0 heterocycles. The van der Waals surface area contributed by atoms with Gasteiger partial charge in [-0.1, -0.05) is 30.3 Å². The molecule has 0 aliphatic heterocycles. The summed E-state index contributed by atoms with van der Waals surface area (Å²) >= 11 is 0. The van der Waals surface area contributed by atoms with E-state index in [9.17, 15) is 21.6 Å². The first kappa shape index (κ1) is 22.9. The molecular weight excluding hydrogens is 438 g/mol. The van der Waals surface area contributed by atoms with Gasteiger partial charge in [0.2, 0.25) is 26.0 Å². The number of fused-ring (bicyclic) bond motifs is 1. The molecular formula is C21H23N3O5S2. The summed E-state index contributed by atoms with van der Waals surface area (Å²) in [5.74, 6) is -0.546. The zero-order valence-corrected chi connectivity index (χ0v) is 18.9. The molecule has 0 saturated carbocycles. The van der Waals surface area contributed by atoms with Gasteiger partial charge in [-0.3, -0.25) is 4.79 Å². The summed E-state index contributed by atoms with van der Waals surface area (Å²) in [6.07, 6.45) is 0. The van der Waals surface area contributed by atoms with Crippen molar-refractivity contribution >= 4 is 42.4 Å². The van der Waals surface area contributed by atoms with Crippen molar-refractivity contribution in [1.82, 2.24) is 8.61 Å². The van der Waals surface area contributed by atoms with Crippen molar-refractivity contribution in [2.75, 3.05) is 33.0 Å². The van der Waals surface area contributed by atoms with Crippen LogP contribution in [0.5, 0.6) is 0 Å². The molecule has 3 aromatic carbocycles. The van der Waals surface area contributed by atoms with Crippen molar-refractivity contribution in [3.8, 4) is 0 Å². The molecule has 0 unspecified atom stereocenters. The number of carbonyl (C=O) groups excluding carboxylic acids is 1. The molecule has 0 radical (unpaired) electrons. The molecule has 0 saturated heterocycles. The fourth-order valence-corrected chi connectivity index (χ4v) is 4.98. The summed E-state index contributed by atoms with van der Waals surface area (Å²) in [7, 11) is -3.25. The lowest BCUT2D eigenvalue weighted by Gasteiger charge is -2.17. The second-order valence-electron chi connectivity index (χ2n) is 7.13. The van der Waals surface area contributed by atoms with Crippen LogP contribution in [0.25, 0.3) is 10.8 Å². The van der Waals surface area contributed by atoms with Crippen LogP contribution in [0.15, 0.2) is 76.5 Å². The standard InChI is InChI=1S/C21H23N3O5S2/c1-23(2)30(26,27)19-12-9-18(10-13-19)22-21(25)15-24(3)31(28,29)20-11-8-16-6-4-5-7-17(16)14-20/h4-14H,15H2,1-3H3,(H,22,25). The van der Waals surface area contributed by atoms with Gasteiger partial charge in [-0.2, -0.15) is 4.31 Å². The predicted octanol–water partition coefficient (Wildman–Crippen LogP) is 2.35. The third-order valence-electron chi connectivity index (χ3n) is 4.71. The minimum atomic E-state index is -3.87. The minimum absolute atomic E-state index is 0.0894. The number of nitrogens with one attached hydrogen (secondary N) is 1. The van der Waals surface area contributed by atoms with Crippen molar-refractivity contribution in [3.63, 3.8) is 0 Å². The molecule has 0 fully saturated rings. The smallest absolute Gasteiger partial charge is 0.243 e. The van der Waals surface area contributed by atoms with Crippen molar-refractivity contribution in [3.05, 3.63) is 66.7 Å². The van der Waals surface area contributed by atoms with Crippen molar-refractivity contribution < 1.29 is 21.6 Å². The van der Waals surface area contributed by atoms with Crippen LogP contribution in [0.4, 0.5) is 5.69 Å². The molecule has 0 atom stereocenters. The Morgan fingerprint density at radius 1 is 0.774 bits per heavy atom. The molecule has 10 heteroatoms. The number of anilines is 1. The SMILES string of the molecule is CN(C)S(=O)(=O)c1ccc(NC(=O)CN(C)S(=O)(=O)c2ccc3ccccc3c2)cc1. The van der Waals surface area contributed by atoms with Crippen molar-refractivity contribution in [1.29, 1.82) is 0 Å². The second-order valence-corrected chi connectivity index (χ2v) is 11.3. The van der Waals surface area contributed by atoms with Gasteiger partial charge in [0, 0.05) is 26.8 Å². The molecule has 31 heavy (non-hydrogen) atoms. The largest absolute Gasteiger partial charge is 0.325 e. The monoisotopic (exact) mass is 461 g/mol. The van der Waals surface area contributed by atoms with Crippen LogP contribution >= 0.6 is 0 Å². The number of hydrogen-bond acceptors (Lipinski definition) is 5. The fourth-order valence-electron chi connectivity index (χ4n) is 2.92. The van der Waals surface area contributed by atoms with Crippen molar-refractivity contribution in [2.24, 2.45) is 0 Å². The number of likely N-dealkylation sites (N-methyl/N-ethyl adjacent to an activating group) is 1. The van der Waals surface area contributed by atoms with E-state index < -0.39 is 32.5 Å². The van der Waals surface area contributed by atoms with E-state index in [0.717, 1.165) is 19.4 Å². The Labute approximate surface area is 182 Å². The van der Waals surface area contributed by atoms with E-state index in [1.54, 1.807) is 12.1 Å². The summed E-state index contributed by atoms with van der Waals surface area (Å²) < 4.78 is 52.0. The molecule has 3 rings (SSSR count). The van der Waals surface area contributed by atoms with Gasteiger partial charge in [0.05, 0.1) is 16.3 Å². The zero-order valence-electron chi connectivity index (χ0n) is 17.3. The quantitative estimate of drug-likeness (QED) is 0.582. The topological polar surface area (TPSA) is 104 Å². The summed E-state index contributed by atoms with van der Waals surface area (Å²) in [5, 5.41) is 4.28. The van der Waals surface area contributed by atoms with Crippen LogP contribution in [-0.4, -0.2) is 59.0 Å². The van der Waals surface area contributed by atoms with Crippen LogP contribution in [0.3, 0.4) is 0 Å². The van der Waals surface area contributed by atoms with Gasteiger partial charge in [-0.05, 0) is 47.2 Å². The molecule has 1 N–H and O–H groups in total. The van der Waals surface area contributed by atoms with E-state index in [1.165, 1.54) is 51.5 Å². The third-order valence-corrected chi connectivity index (χ3v) is 8.34. The van der Waals surface area contributed by atoms with E-state index in [2.05, 4.69) is 5.32 Å². The van der Waals surface area contributed by atoms with Crippen LogP contribution in [-0.2, 0) is 24.8 Å². The molecule has 164 valence electrons. The van der Waals surface area contributed by atoms with Crippen LogP contribution < -0.4 is 5.32 Å². The van der Waals surface area contributed by atoms with E-state index in [4.69, 9.17) is 0 Å². The molecule has 8 nitrogen and oxygen atoms in total. The Balaban J connectivity index is 1.70. The highest BCUT2D eigenvalue weighted by Crippen LogP contribution is 2.21. The lowest BCUT2D eigenvalue weighted by atomic mass is 10.1. The van der Waals surface area contributed by atoms with Gasteiger partial charge in [0.25, 0.3) is 0 Å². The number of carbonyl (C=O) groups is 1. The number of rotatable bonds is 7. The average molecular weight is 462 g/mol. The van der Waals surface area contributed by atoms with Crippen LogP contribution in [0, 0.1) is 0 Å². The second kappa shape index (κ2) is 8.75. The van der Waals surface area contributed by atoms with E-state index in [-0.39, 0.29) is 9.79 Å². The van der Waals surface area contributed by atoms with Crippen LogP contribution in [0.2, 0.25) is 0 Å². The van der Waals surface area contributed by atoms with Gasteiger partial charge in [-0.25, -0.2) is 21.1 Å². The summed E-state index contributed by atoms with van der Waals surface area (Å²) in [4.78, 5) is 12.5. The Kier molecular flexibility index (Phi) is 6.46. The van der Waals surface area contributed by atoms with Gasteiger partial charge in [-0.15, -0.1) is 0 Å². The molecule has 3 aromatic rings. The maximum absolute atomic E-state index is 12.9. The van der Waals surface area contributed by atoms with Gasteiger partial charge in [0.15, 0.2) is 0 Å². The average Bonchev–Trinajstić information content (AvgIpc) is 2.73. The Morgan fingerprint density at radius 3 is 1.97 bits per heavy atom. The molecule has 0 aliphatic rings. The van der Waals surface area contributed by atoms with Gasteiger partial charge < -0.3 is 5.32 Å². The lowest BCUT2D eigenvalue weighted by molar-refractivity contribution is -0.116. The zero-order chi connectivity index (χ0) is 22.8. The first-order chi connectivity index (χ1) is 14.5. The number of sulfonamides is 2. The number of hydrogen-bond donors (Lipinski definition) is 1. The molecule has 0 bridgehead atoms. The third kappa shape index (κ3) is 4.93. The molecule has 0 spiro atoms. The Hall–Kier alpha value is -2.79. The normalized spacial score (nSPS) is 12.4. The Morgan fingerprint density at radius 2 is 1.35 bits per heavy atom. The molecule has 1 amide bonds. The van der Waals surface area contributed by atoms with Crippen molar-refractivity contribution in [2.45, 2.75) is 9.79 Å². The van der Waals surface area contributed by atoms with Gasteiger partial charge >= 0.3 is 0 Å². The summed E-state index contributed by atoms with van der Waals surface area (Å²) in [6, 6.07) is 17.9. The number of benzene rings is 3. The van der Waals surface area contributed by atoms with E-state index in [1.807, 2.05) is 24.3 Å². The predicted molar refractivity (Wildman–Crippen MR) is 120 cm³/mol. The highest BCUT2D eigenvalue weighted by atomic mass is 32.2. The highest BCUT2D eigenvalue weighted by Gasteiger charge is 2.23. The molecule has 0 aliphatic carbocycles. The van der Waals surface area contributed by atoms with Crippen LogP contribution in [0.1, 0.15) is 0 Å². The van der Waals surface area contributed by atoms with E-state index >= 15 is 0 Å². The van der Waals surface area contributed by atoms with E-state index in [0.29, 0.717) is 5.69 Å². The minimum Gasteiger partial charge on any atom is -0.325 e. The Bertz CT molecular complexity index is 1320. The first-order valence-electron chi connectivity index (χ1n) is 9.29. The maximum atomic E-state index is 12.9. The maximum Gasteiger partial charge on any atom is 0.243 e. The number of amides is 1. The highest BCUT2D eigenvalue weighted by molar-refractivity contribution is 7.89. The number of nitrogens with zero attached hydrogens (tertiary/aromatic N) is 2. The summed E-state index contributed by atoms with van der Waals surface area (Å²) in [5.41, 5.74) is 0.360. The lowest BCUT2D eigenvalue weighted by Crippen LogP contribution is -2.35. The first-order valence-corrected chi connectivity index (χ1v) is 12.2. The van der Waals surface area contributed by atoms with Gasteiger partial charge in [0.1, 0.15) is 0 Å². The molecule has 0 aromatic heterocycles. The summed E-state index contributed by atoms with van der Waals surface area (Å²) in [6.45, 7) is -0.396. The fraction of sp³-hybridized carbons (Fsp3) is 0.190.